The maximum atomic E-state index is 12.5. The highest BCUT2D eigenvalue weighted by molar-refractivity contribution is 6.22. The molecule has 27 heavy (non-hydrogen) atoms. The second kappa shape index (κ2) is 7.51. The predicted molar refractivity (Wildman–Crippen MR) is 98.1 cm³/mol. The van der Waals surface area contributed by atoms with E-state index in [1.807, 2.05) is 0 Å². The lowest BCUT2D eigenvalue weighted by atomic mass is 10.0. The fourth-order valence-electron chi connectivity index (χ4n) is 2.84. The van der Waals surface area contributed by atoms with Crippen molar-refractivity contribution in [1.29, 1.82) is 0 Å². The fourth-order valence-corrected chi connectivity index (χ4v) is 2.84. The van der Waals surface area contributed by atoms with Crippen molar-refractivity contribution in [2.24, 2.45) is 0 Å². The normalized spacial score (nSPS) is 12.9. The van der Waals surface area contributed by atoms with E-state index in [0.29, 0.717) is 11.3 Å². The number of anilines is 1. The number of hydrogen-bond acceptors (Lipinski definition) is 5. The SMILES string of the molecule is COCCN1C(=O)c2ccc(C(=O)Nc3cccc(C(C)=O)c3)cc2C1=O. The largest absolute Gasteiger partial charge is 0.383 e. The van der Waals surface area contributed by atoms with E-state index in [-0.39, 0.29) is 35.6 Å². The standard InChI is InChI=1S/C20H18N2O5/c1-12(23)13-4-3-5-15(10-13)21-18(24)14-6-7-16-17(11-14)20(26)22(19(16)25)8-9-27-2/h3-7,10-11H,8-9H2,1-2H3,(H,21,24). The van der Waals surface area contributed by atoms with E-state index in [1.165, 1.54) is 32.2 Å². The van der Waals surface area contributed by atoms with Gasteiger partial charge < -0.3 is 10.1 Å². The Morgan fingerprint density at radius 1 is 1.00 bits per heavy atom. The molecule has 0 aromatic heterocycles. The van der Waals surface area contributed by atoms with Crippen LogP contribution in [0.1, 0.15) is 48.4 Å². The number of hydrogen-bond donors (Lipinski definition) is 1. The van der Waals surface area contributed by atoms with Crippen LogP contribution in [0, 0.1) is 0 Å². The summed E-state index contributed by atoms with van der Waals surface area (Å²) in [5, 5.41) is 2.70. The molecule has 2 aromatic rings. The first-order chi connectivity index (χ1) is 12.9. The minimum Gasteiger partial charge on any atom is -0.383 e. The second-order valence-corrected chi connectivity index (χ2v) is 6.11. The topological polar surface area (TPSA) is 92.8 Å². The third-order valence-electron chi connectivity index (χ3n) is 4.28. The lowest BCUT2D eigenvalue weighted by Crippen LogP contribution is -2.32. The molecule has 0 spiro atoms. The molecule has 7 nitrogen and oxygen atoms in total. The molecule has 138 valence electrons. The van der Waals surface area contributed by atoms with Crippen molar-refractivity contribution in [3.8, 4) is 0 Å². The number of benzene rings is 2. The van der Waals surface area contributed by atoms with Crippen molar-refractivity contribution in [1.82, 2.24) is 4.90 Å². The van der Waals surface area contributed by atoms with Gasteiger partial charge in [0.2, 0.25) is 0 Å². The van der Waals surface area contributed by atoms with Crippen molar-refractivity contribution in [3.63, 3.8) is 0 Å². The van der Waals surface area contributed by atoms with E-state index in [0.717, 1.165) is 4.90 Å². The van der Waals surface area contributed by atoms with Gasteiger partial charge in [0.25, 0.3) is 17.7 Å². The van der Waals surface area contributed by atoms with Gasteiger partial charge in [-0.25, -0.2) is 0 Å². The van der Waals surface area contributed by atoms with Crippen molar-refractivity contribution in [2.75, 3.05) is 25.6 Å². The van der Waals surface area contributed by atoms with Gasteiger partial charge in [0.05, 0.1) is 24.3 Å². The van der Waals surface area contributed by atoms with Crippen LogP contribution in [-0.4, -0.2) is 48.7 Å². The number of ketones is 1. The van der Waals surface area contributed by atoms with Crippen molar-refractivity contribution >= 4 is 29.2 Å². The summed E-state index contributed by atoms with van der Waals surface area (Å²) in [5.41, 5.74) is 1.66. The number of Topliss-reactive ketones (excluding diaryl/α,β-unsaturated/α-hetero) is 1. The average Bonchev–Trinajstić information content (AvgIpc) is 2.90. The number of carbonyl (C=O) groups is 4. The first kappa shape index (κ1) is 18.5. The van der Waals surface area contributed by atoms with E-state index in [2.05, 4.69) is 5.32 Å². The van der Waals surface area contributed by atoms with Crippen LogP contribution in [0.4, 0.5) is 5.69 Å². The van der Waals surface area contributed by atoms with Gasteiger partial charge in [-0.3, -0.25) is 24.1 Å². The van der Waals surface area contributed by atoms with E-state index in [9.17, 15) is 19.2 Å². The molecule has 1 aliphatic heterocycles. The highest BCUT2D eigenvalue weighted by Crippen LogP contribution is 2.24. The Balaban J connectivity index is 1.82. The Bertz CT molecular complexity index is 951. The Morgan fingerprint density at radius 2 is 1.74 bits per heavy atom. The van der Waals surface area contributed by atoms with Gasteiger partial charge in [-0.15, -0.1) is 0 Å². The molecule has 0 fully saturated rings. The zero-order chi connectivity index (χ0) is 19.6. The molecule has 0 saturated heterocycles. The molecule has 0 radical (unpaired) electrons. The molecule has 0 saturated carbocycles. The van der Waals surface area contributed by atoms with E-state index in [1.54, 1.807) is 24.3 Å². The highest BCUT2D eigenvalue weighted by Gasteiger charge is 2.35. The summed E-state index contributed by atoms with van der Waals surface area (Å²) in [6.45, 7) is 1.84. The quantitative estimate of drug-likeness (QED) is 0.626. The number of nitrogens with one attached hydrogen (secondary N) is 1. The van der Waals surface area contributed by atoms with Crippen LogP contribution in [0.3, 0.4) is 0 Å². The molecule has 1 aliphatic rings. The van der Waals surface area contributed by atoms with Crippen LogP contribution in [-0.2, 0) is 4.74 Å². The number of amides is 3. The van der Waals surface area contributed by atoms with Crippen LogP contribution in [0.2, 0.25) is 0 Å². The van der Waals surface area contributed by atoms with Gasteiger partial charge in [-0.1, -0.05) is 12.1 Å². The predicted octanol–water partition coefficient (Wildman–Crippen LogP) is 2.38. The smallest absolute Gasteiger partial charge is 0.261 e. The summed E-state index contributed by atoms with van der Waals surface area (Å²) in [6.07, 6.45) is 0. The van der Waals surface area contributed by atoms with Gasteiger partial charge in [-0.05, 0) is 37.3 Å². The second-order valence-electron chi connectivity index (χ2n) is 6.11. The van der Waals surface area contributed by atoms with Crippen molar-refractivity contribution in [2.45, 2.75) is 6.92 Å². The summed E-state index contributed by atoms with van der Waals surface area (Å²) < 4.78 is 4.92. The zero-order valence-electron chi connectivity index (χ0n) is 14.9. The Labute approximate surface area is 155 Å². The summed E-state index contributed by atoms with van der Waals surface area (Å²) in [4.78, 5) is 49.8. The highest BCUT2D eigenvalue weighted by atomic mass is 16.5. The fraction of sp³-hybridized carbons (Fsp3) is 0.200. The lowest BCUT2D eigenvalue weighted by Gasteiger charge is -2.12. The Kier molecular flexibility index (Phi) is 5.14. The molecule has 0 bridgehead atoms. The van der Waals surface area contributed by atoms with Crippen LogP contribution >= 0.6 is 0 Å². The van der Waals surface area contributed by atoms with E-state index in [4.69, 9.17) is 4.74 Å². The third-order valence-corrected chi connectivity index (χ3v) is 4.28. The van der Waals surface area contributed by atoms with E-state index >= 15 is 0 Å². The molecule has 0 unspecified atom stereocenters. The number of carbonyl (C=O) groups excluding carboxylic acids is 4. The van der Waals surface area contributed by atoms with Crippen molar-refractivity contribution in [3.05, 3.63) is 64.7 Å². The molecule has 3 rings (SSSR count). The average molecular weight is 366 g/mol. The molecular weight excluding hydrogens is 348 g/mol. The zero-order valence-corrected chi connectivity index (χ0v) is 14.9. The lowest BCUT2D eigenvalue weighted by molar-refractivity contribution is 0.0603. The third kappa shape index (κ3) is 3.63. The van der Waals surface area contributed by atoms with Gasteiger partial charge in [-0.2, -0.15) is 0 Å². The Morgan fingerprint density at radius 3 is 2.44 bits per heavy atom. The number of nitrogens with zero attached hydrogens (tertiary/aromatic N) is 1. The molecule has 1 heterocycles. The molecule has 0 atom stereocenters. The van der Waals surface area contributed by atoms with Crippen LogP contribution in [0.5, 0.6) is 0 Å². The maximum absolute atomic E-state index is 12.5. The number of ether oxygens (including phenoxy) is 1. The molecule has 0 aliphatic carbocycles. The van der Waals surface area contributed by atoms with Crippen molar-refractivity contribution < 1.29 is 23.9 Å². The molecule has 7 heteroatoms. The molecule has 2 aromatic carbocycles. The minimum atomic E-state index is -0.444. The first-order valence-corrected chi connectivity index (χ1v) is 8.34. The summed E-state index contributed by atoms with van der Waals surface area (Å²) in [5.74, 6) is -1.38. The number of imide groups is 1. The first-order valence-electron chi connectivity index (χ1n) is 8.34. The number of fused-ring (bicyclic) bond motifs is 1. The summed E-state index contributed by atoms with van der Waals surface area (Å²) in [6, 6.07) is 11.0. The molecular formula is C20H18N2O5. The maximum Gasteiger partial charge on any atom is 0.261 e. The number of methoxy groups -OCH3 is 1. The van der Waals surface area contributed by atoms with Gasteiger partial charge >= 0.3 is 0 Å². The van der Waals surface area contributed by atoms with Gasteiger partial charge in [0.15, 0.2) is 5.78 Å². The monoisotopic (exact) mass is 366 g/mol. The number of rotatable bonds is 6. The van der Waals surface area contributed by atoms with Crippen LogP contribution in [0.15, 0.2) is 42.5 Å². The van der Waals surface area contributed by atoms with Gasteiger partial charge in [0, 0.05) is 23.9 Å². The van der Waals surface area contributed by atoms with Crippen LogP contribution in [0.25, 0.3) is 0 Å². The molecule has 3 amide bonds. The molecule has 1 N–H and O–H groups in total. The Hall–Kier alpha value is -3.32. The summed E-state index contributed by atoms with van der Waals surface area (Å²) >= 11 is 0. The van der Waals surface area contributed by atoms with E-state index < -0.39 is 17.7 Å². The van der Waals surface area contributed by atoms with Gasteiger partial charge in [0.1, 0.15) is 0 Å². The van der Waals surface area contributed by atoms with Crippen LogP contribution < -0.4 is 5.32 Å². The minimum absolute atomic E-state index is 0.108. The summed E-state index contributed by atoms with van der Waals surface area (Å²) in [7, 11) is 1.49.